The third-order valence-corrected chi connectivity index (χ3v) is 5.24. The summed E-state index contributed by atoms with van der Waals surface area (Å²) in [6, 6.07) is 6.78. The molecule has 1 aromatic rings. The zero-order valence-electron chi connectivity index (χ0n) is 13.3. The van der Waals surface area contributed by atoms with Gasteiger partial charge in [-0.3, -0.25) is 4.90 Å². The first-order valence-electron chi connectivity index (χ1n) is 8.13. The highest BCUT2D eigenvalue weighted by Crippen LogP contribution is 2.28. The number of urea groups is 1. The Kier molecular flexibility index (Phi) is 4.59. The molecule has 4 nitrogen and oxygen atoms in total. The van der Waals surface area contributed by atoms with Crippen LogP contribution in [0.4, 0.5) is 10.5 Å². The highest BCUT2D eigenvalue weighted by atomic mass is 35.5. The minimum absolute atomic E-state index is 0.0443. The van der Waals surface area contributed by atoms with Crippen LogP contribution in [0.2, 0.25) is 5.02 Å². The zero-order chi connectivity index (χ0) is 15.7. The molecule has 2 aliphatic rings. The first-order chi connectivity index (χ1) is 10.6. The van der Waals surface area contributed by atoms with Crippen LogP contribution < -0.4 is 5.32 Å². The summed E-state index contributed by atoms with van der Waals surface area (Å²) in [6.07, 6.45) is 3.90. The van der Waals surface area contributed by atoms with Crippen molar-refractivity contribution in [3.8, 4) is 0 Å². The van der Waals surface area contributed by atoms with Crippen LogP contribution in [0.1, 0.15) is 31.7 Å². The molecule has 0 aromatic heterocycles. The van der Waals surface area contributed by atoms with Gasteiger partial charge in [-0.1, -0.05) is 30.2 Å². The molecular weight excluding hydrogens is 298 g/mol. The van der Waals surface area contributed by atoms with Crippen molar-refractivity contribution in [1.29, 1.82) is 0 Å². The summed E-state index contributed by atoms with van der Waals surface area (Å²) in [5, 5.41) is 3.54. The molecular formula is C17H24ClN3O. The molecule has 2 saturated heterocycles. The number of benzene rings is 1. The summed E-state index contributed by atoms with van der Waals surface area (Å²) in [5.41, 5.74) is 1.71. The number of nitrogens with one attached hydrogen (secondary N) is 1. The number of hydrogen-bond donors (Lipinski definition) is 1. The van der Waals surface area contributed by atoms with Crippen molar-refractivity contribution in [1.82, 2.24) is 9.80 Å². The highest BCUT2D eigenvalue weighted by Gasteiger charge is 2.37. The van der Waals surface area contributed by atoms with Crippen LogP contribution in [-0.2, 0) is 0 Å². The topological polar surface area (TPSA) is 35.6 Å². The van der Waals surface area contributed by atoms with E-state index in [9.17, 15) is 4.79 Å². The fourth-order valence-electron chi connectivity index (χ4n) is 3.47. The van der Waals surface area contributed by atoms with Crippen molar-refractivity contribution in [3.05, 3.63) is 28.8 Å². The quantitative estimate of drug-likeness (QED) is 0.900. The lowest BCUT2D eigenvalue weighted by molar-refractivity contribution is 0.0199. The normalized spacial score (nSPS) is 23.2. The molecule has 0 radical (unpaired) electrons. The minimum Gasteiger partial charge on any atom is -0.321 e. The van der Waals surface area contributed by atoms with Crippen LogP contribution in [-0.4, -0.2) is 47.5 Å². The van der Waals surface area contributed by atoms with E-state index in [0.29, 0.717) is 17.1 Å². The third-order valence-electron chi connectivity index (χ3n) is 4.93. The van der Waals surface area contributed by atoms with Gasteiger partial charge in [0.1, 0.15) is 0 Å². The first-order valence-corrected chi connectivity index (χ1v) is 8.51. The summed E-state index contributed by atoms with van der Waals surface area (Å²) >= 11 is 6.17. The molecule has 2 heterocycles. The monoisotopic (exact) mass is 321 g/mol. The van der Waals surface area contributed by atoms with Crippen LogP contribution >= 0.6 is 11.6 Å². The van der Waals surface area contributed by atoms with Crippen LogP contribution in [0, 0.1) is 6.92 Å². The maximum absolute atomic E-state index is 12.3. The van der Waals surface area contributed by atoms with Gasteiger partial charge in [-0.15, -0.1) is 0 Å². The number of likely N-dealkylation sites (tertiary alicyclic amines) is 2. The number of nitrogens with zero attached hydrogens (tertiary/aromatic N) is 2. The van der Waals surface area contributed by atoms with Crippen LogP contribution in [0.5, 0.6) is 0 Å². The van der Waals surface area contributed by atoms with E-state index in [0.717, 1.165) is 24.3 Å². The fourth-order valence-corrected chi connectivity index (χ4v) is 3.74. The van der Waals surface area contributed by atoms with Crippen LogP contribution in [0.25, 0.3) is 0 Å². The predicted octanol–water partition coefficient (Wildman–Crippen LogP) is 3.74. The van der Waals surface area contributed by atoms with Gasteiger partial charge in [-0.2, -0.15) is 0 Å². The molecule has 3 rings (SSSR count). The molecule has 0 aliphatic carbocycles. The number of piperidine rings is 1. The van der Waals surface area contributed by atoms with E-state index in [4.69, 9.17) is 11.6 Å². The van der Waals surface area contributed by atoms with Gasteiger partial charge >= 0.3 is 6.03 Å². The van der Waals surface area contributed by atoms with Gasteiger partial charge in [-0.05, 0) is 44.9 Å². The van der Waals surface area contributed by atoms with Crippen molar-refractivity contribution in [2.75, 3.05) is 25.0 Å². The van der Waals surface area contributed by atoms with E-state index in [2.05, 4.69) is 17.1 Å². The average Bonchev–Trinajstić information content (AvgIpc) is 2.43. The second kappa shape index (κ2) is 6.47. The van der Waals surface area contributed by atoms with Crippen molar-refractivity contribution in [2.45, 2.75) is 45.2 Å². The number of anilines is 1. The summed E-state index contributed by atoms with van der Waals surface area (Å²) < 4.78 is 0. The van der Waals surface area contributed by atoms with Crippen LogP contribution in [0.3, 0.4) is 0 Å². The number of rotatable bonds is 2. The second-order valence-corrected chi connectivity index (χ2v) is 6.91. The number of amides is 2. The number of aryl methyl sites for hydroxylation is 1. The number of hydrogen-bond acceptors (Lipinski definition) is 2. The maximum Gasteiger partial charge on any atom is 0.322 e. The summed E-state index contributed by atoms with van der Waals surface area (Å²) in [7, 11) is 0. The molecule has 1 aromatic carbocycles. The number of para-hydroxylation sites is 1. The maximum atomic E-state index is 12.3. The van der Waals surface area contributed by atoms with E-state index in [1.54, 1.807) is 6.07 Å². The Morgan fingerprint density at radius 3 is 2.77 bits per heavy atom. The van der Waals surface area contributed by atoms with Gasteiger partial charge in [0.25, 0.3) is 0 Å². The molecule has 0 bridgehead atoms. The lowest BCUT2D eigenvalue weighted by Gasteiger charge is -2.49. The fraction of sp³-hybridized carbons (Fsp3) is 0.588. The van der Waals surface area contributed by atoms with Crippen molar-refractivity contribution in [2.24, 2.45) is 0 Å². The number of carbonyl (C=O) groups excluding carboxylic acids is 1. The van der Waals surface area contributed by atoms with Gasteiger partial charge in [-0.25, -0.2) is 4.79 Å². The van der Waals surface area contributed by atoms with Crippen LogP contribution in [0.15, 0.2) is 18.2 Å². The third kappa shape index (κ3) is 3.08. The highest BCUT2D eigenvalue weighted by molar-refractivity contribution is 6.33. The zero-order valence-corrected chi connectivity index (χ0v) is 14.1. The Labute approximate surface area is 137 Å². The number of halogens is 1. The molecule has 0 saturated carbocycles. The molecule has 1 atom stereocenters. The Hall–Kier alpha value is -1.26. The largest absolute Gasteiger partial charge is 0.322 e. The van der Waals surface area contributed by atoms with E-state index in [1.807, 2.05) is 24.0 Å². The summed E-state index contributed by atoms with van der Waals surface area (Å²) in [6.45, 7) is 7.06. The van der Waals surface area contributed by atoms with Gasteiger partial charge in [0.05, 0.1) is 10.7 Å². The Morgan fingerprint density at radius 1 is 1.32 bits per heavy atom. The van der Waals surface area contributed by atoms with E-state index in [1.165, 1.54) is 25.8 Å². The van der Waals surface area contributed by atoms with Crippen molar-refractivity contribution >= 4 is 23.3 Å². The second-order valence-electron chi connectivity index (χ2n) is 6.50. The molecule has 120 valence electrons. The summed E-state index contributed by atoms with van der Waals surface area (Å²) in [5.74, 6) is 0. The SMILES string of the molecule is Cc1cccc(Cl)c1NC(=O)N1CC(N2CCCCC2C)C1. The van der Waals surface area contributed by atoms with E-state index in [-0.39, 0.29) is 6.03 Å². The first kappa shape index (κ1) is 15.6. The minimum atomic E-state index is -0.0443. The standard InChI is InChI=1S/C17H24ClN3O/c1-12-6-5-8-15(18)16(12)19-17(22)20-10-14(11-20)21-9-4-3-7-13(21)2/h5-6,8,13-14H,3-4,7,9-11H2,1-2H3,(H,19,22). The molecule has 2 amide bonds. The Bertz CT molecular complexity index is 537. The Balaban J connectivity index is 1.55. The molecule has 2 aliphatic heterocycles. The summed E-state index contributed by atoms with van der Waals surface area (Å²) in [4.78, 5) is 16.8. The van der Waals surface area contributed by atoms with Crippen molar-refractivity contribution in [3.63, 3.8) is 0 Å². The molecule has 5 heteroatoms. The van der Waals surface area contributed by atoms with Gasteiger partial charge < -0.3 is 10.2 Å². The molecule has 0 spiro atoms. The number of carbonyl (C=O) groups is 1. The predicted molar refractivity (Wildman–Crippen MR) is 90.6 cm³/mol. The molecule has 1 N–H and O–H groups in total. The van der Waals surface area contributed by atoms with E-state index >= 15 is 0 Å². The van der Waals surface area contributed by atoms with E-state index < -0.39 is 0 Å². The molecule has 22 heavy (non-hydrogen) atoms. The lowest BCUT2D eigenvalue weighted by Crippen LogP contribution is -2.64. The van der Waals surface area contributed by atoms with Gasteiger partial charge in [0.15, 0.2) is 0 Å². The van der Waals surface area contributed by atoms with Gasteiger partial charge in [0, 0.05) is 25.2 Å². The Morgan fingerprint density at radius 2 is 2.09 bits per heavy atom. The van der Waals surface area contributed by atoms with Gasteiger partial charge in [0.2, 0.25) is 0 Å². The van der Waals surface area contributed by atoms with Crippen molar-refractivity contribution < 1.29 is 4.79 Å². The average molecular weight is 322 g/mol. The molecule has 2 fully saturated rings. The smallest absolute Gasteiger partial charge is 0.321 e. The molecule has 1 unspecified atom stereocenters. The lowest BCUT2D eigenvalue weighted by atomic mass is 9.98.